The summed E-state index contributed by atoms with van der Waals surface area (Å²) in [6.07, 6.45) is 3.44. The lowest BCUT2D eigenvalue weighted by Crippen LogP contribution is -2.29. The second-order valence-electron chi connectivity index (χ2n) is 7.88. The van der Waals surface area contributed by atoms with E-state index in [-0.39, 0.29) is 17.6 Å². The molecular weight excluding hydrogens is 424 g/mol. The quantitative estimate of drug-likeness (QED) is 0.401. The third kappa shape index (κ3) is 4.19. The van der Waals surface area contributed by atoms with E-state index in [0.717, 1.165) is 27.7 Å². The van der Waals surface area contributed by atoms with Crippen LogP contribution in [-0.2, 0) is 0 Å². The van der Waals surface area contributed by atoms with Crippen LogP contribution >= 0.6 is 0 Å². The van der Waals surface area contributed by atoms with Gasteiger partial charge in [-0.1, -0.05) is 48.5 Å². The topological polar surface area (TPSA) is 107 Å². The highest BCUT2D eigenvalue weighted by Crippen LogP contribution is 2.32. The summed E-state index contributed by atoms with van der Waals surface area (Å²) in [6, 6.07) is 24.6. The number of hydrogen-bond donors (Lipinski definition) is 2. The normalized spacial score (nSPS) is 11.8. The molecule has 34 heavy (non-hydrogen) atoms. The van der Waals surface area contributed by atoms with Gasteiger partial charge in [0.25, 0.3) is 5.91 Å². The number of nitrogens with one attached hydrogen (secondary N) is 1. The van der Waals surface area contributed by atoms with Crippen LogP contribution in [0, 0.1) is 0 Å². The van der Waals surface area contributed by atoms with Crippen LogP contribution in [0.1, 0.15) is 29.1 Å². The molecule has 7 heteroatoms. The maximum atomic E-state index is 13.2. The lowest BCUT2D eigenvalue weighted by Gasteiger charge is -2.16. The van der Waals surface area contributed by atoms with Gasteiger partial charge in [0.1, 0.15) is 0 Å². The molecule has 2 aromatic carbocycles. The molecule has 1 amide bonds. The number of fused-ring (bicyclic) bond motifs is 1. The van der Waals surface area contributed by atoms with Crippen LogP contribution in [0.2, 0.25) is 0 Å². The fourth-order valence-electron chi connectivity index (χ4n) is 3.81. The van der Waals surface area contributed by atoms with E-state index in [2.05, 4.69) is 20.3 Å². The molecular formula is C27H22N6O. The number of anilines is 1. The molecule has 0 radical (unpaired) electrons. The summed E-state index contributed by atoms with van der Waals surface area (Å²) in [7, 11) is 0. The van der Waals surface area contributed by atoms with E-state index in [0.29, 0.717) is 11.4 Å². The Morgan fingerprint density at radius 1 is 0.824 bits per heavy atom. The van der Waals surface area contributed by atoms with Gasteiger partial charge in [-0.15, -0.1) is 0 Å². The molecule has 0 aliphatic heterocycles. The van der Waals surface area contributed by atoms with Crippen LogP contribution in [0.4, 0.5) is 5.82 Å². The minimum absolute atomic E-state index is 0.0655. The van der Waals surface area contributed by atoms with Gasteiger partial charge in [-0.05, 0) is 37.3 Å². The lowest BCUT2D eigenvalue weighted by atomic mass is 10.0. The Labute approximate surface area is 196 Å². The molecule has 0 fully saturated rings. The first-order valence-electron chi connectivity index (χ1n) is 10.9. The number of rotatable bonds is 5. The van der Waals surface area contributed by atoms with Crippen LogP contribution in [0.15, 0.2) is 91.3 Å². The van der Waals surface area contributed by atoms with Gasteiger partial charge in [-0.25, -0.2) is 9.97 Å². The van der Waals surface area contributed by atoms with Crippen molar-refractivity contribution in [3.05, 3.63) is 103 Å². The van der Waals surface area contributed by atoms with Crippen LogP contribution in [0.5, 0.6) is 0 Å². The molecule has 0 saturated heterocycles. The molecule has 1 atom stereocenters. The molecule has 3 N–H and O–H groups in total. The Hall–Kier alpha value is -4.65. The Morgan fingerprint density at radius 2 is 1.59 bits per heavy atom. The fraction of sp³-hybridized carbons (Fsp3) is 0.0741. The Balaban J connectivity index is 1.60. The van der Waals surface area contributed by atoms with E-state index < -0.39 is 5.91 Å². The van der Waals surface area contributed by atoms with E-state index in [4.69, 9.17) is 10.7 Å². The van der Waals surface area contributed by atoms with Crippen molar-refractivity contribution in [2.75, 3.05) is 5.73 Å². The van der Waals surface area contributed by atoms with Crippen LogP contribution in [0.3, 0.4) is 0 Å². The molecule has 5 aromatic rings. The maximum Gasteiger partial charge on any atom is 0.274 e. The molecule has 7 nitrogen and oxygen atoms in total. The smallest absolute Gasteiger partial charge is 0.274 e. The first-order valence-corrected chi connectivity index (χ1v) is 10.9. The Bertz CT molecular complexity index is 1470. The number of nitrogen functional groups attached to an aromatic ring is 1. The van der Waals surface area contributed by atoms with Crippen molar-refractivity contribution >= 4 is 22.6 Å². The lowest BCUT2D eigenvalue weighted by molar-refractivity contribution is 0.0935. The number of carbonyl (C=O) groups excluding carboxylic acids is 1. The Morgan fingerprint density at radius 3 is 2.38 bits per heavy atom. The fourth-order valence-corrected chi connectivity index (χ4v) is 3.81. The van der Waals surface area contributed by atoms with Gasteiger partial charge < -0.3 is 11.1 Å². The highest BCUT2D eigenvalue weighted by Gasteiger charge is 2.22. The summed E-state index contributed by atoms with van der Waals surface area (Å²) in [5.41, 5.74) is 10.8. The molecule has 0 saturated carbocycles. The van der Waals surface area contributed by atoms with Gasteiger partial charge in [0.05, 0.1) is 28.6 Å². The average Bonchev–Trinajstić information content (AvgIpc) is 2.89. The molecule has 0 spiro atoms. The van der Waals surface area contributed by atoms with E-state index >= 15 is 0 Å². The number of hydrogen-bond acceptors (Lipinski definition) is 6. The summed E-state index contributed by atoms with van der Waals surface area (Å²) in [5.74, 6) is -0.345. The molecule has 0 aliphatic carbocycles. The van der Waals surface area contributed by atoms with E-state index in [9.17, 15) is 4.79 Å². The maximum absolute atomic E-state index is 13.2. The highest BCUT2D eigenvalue weighted by molar-refractivity contribution is 5.98. The van der Waals surface area contributed by atoms with E-state index in [1.54, 1.807) is 12.4 Å². The highest BCUT2D eigenvalue weighted by atomic mass is 16.2. The first kappa shape index (κ1) is 21.2. The van der Waals surface area contributed by atoms with Gasteiger partial charge >= 0.3 is 0 Å². The van der Waals surface area contributed by atoms with Gasteiger partial charge in [-0.3, -0.25) is 14.8 Å². The van der Waals surface area contributed by atoms with Gasteiger partial charge in [-0.2, -0.15) is 0 Å². The molecule has 0 bridgehead atoms. The minimum Gasteiger partial charge on any atom is -0.382 e. The number of nitrogens with two attached hydrogens (primary N) is 1. The number of aromatic nitrogens is 4. The summed E-state index contributed by atoms with van der Waals surface area (Å²) in [5, 5.41) is 3.89. The van der Waals surface area contributed by atoms with Crippen LogP contribution < -0.4 is 11.1 Å². The summed E-state index contributed by atoms with van der Waals surface area (Å²) < 4.78 is 0. The predicted octanol–water partition coefficient (Wildman–Crippen LogP) is 4.83. The zero-order chi connectivity index (χ0) is 23.5. The van der Waals surface area contributed by atoms with Crippen LogP contribution in [-0.4, -0.2) is 25.8 Å². The summed E-state index contributed by atoms with van der Waals surface area (Å²) in [4.78, 5) is 31.2. The molecule has 5 rings (SSSR count). The first-order chi connectivity index (χ1) is 16.6. The SMILES string of the molecule is CC(NC(=O)c1nc(-c2ccc3ncccc3c2)c(-c2ccccc2)nc1N)c1ccccn1. The molecule has 0 aliphatic rings. The number of carbonyl (C=O) groups is 1. The monoisotopic (exact) mass is 446 g/mol. The predicted molar refractivity (Wildman–Crippen MR) is 133 cm³/mol. The number of nitrogens with zero attached hydrogens (tertiary/aromatic N) is 4. The summed E-state index contributed by atoms with van der Waals surface area (Å²) >= 11 is 0. The number of pyridine rings is 2. The Kier molecular flexibility index (Phi) is 5.66. The standard InChI is InChI=1S/C27H22N6O/c1-17(21-11-5-6-14-29-21)31-27(34)25-26(28)33-23(18-8-3-2-4-9-18)24(32-25)20-12-13-22-19(16-20)10-7-15-30-22/h2-17H,1H3,(H2,28,33)(H,31,34). The second kappa shape index (κ2) is 9.07. The van der Waals surface area contributed by atoms with Crippen LogP contribution in [0.25, 0.3) is 33.4 Å². The van der Waals surface area contributed by atoms with Gasteiger partial charge in [0.2, 0.25) is 0 Å². The van der Waals surface area contributed by atoms with Crippen molar-refractivity contribution < 1.29 is 4.79 Å². The summed E-state index contributed by atoms with van der Waals surface area (Å²) in [6.45, 7) is 1.86. The van der Waals surface area contributed by atoms with Crippen molar-refractivity contribution in [1.82, 2.24) is 25.3 Å². The average molecular weight is 447 g/mol. The molecule has 166 valence electrons. The third-order valence-electron chi connectivity index (χ3n) is 5.54. The molecule has 3 heterocycles. The van der Waals surface area contributed by atoms with Crippen molar-refractivity contribution in [2.24, 2.45) is 0 Å². The van der Waals surface area contributed by atoms with Crippen molar-refractivity contribution in [3.8, 4) is 22.5 Å². The zero-order valence-electron chi connectivity index (χ0n) is 18.5. The number of amides is 1. The van der Waals surface area contributed by atoms with E-state index in [1.807, 2.05) is 85.8 Å². The third-order valence-corrected chi connectivity index (χ3v) is 5.54. The van der Waals surface area contributed by atoms with Gasteiger partial charge in [0.15, 0.2) is 11.5 Å². The van der Waals surface area contributed by atoms with Crippen molar-refractivity contribution in [3.63, 3.8) is 0 Å². The van der Waals surface area contributed by atoms with Gasteiger partial charge in [0, 0.05) is 28.9 Å². The second-order valence-corrected chi connectivity index (χ2v) is 7.88. The van der Waals surface area contributed by atoms with Crippen molar-refractivity contribution in [2.45, 2.75) is 13.0 Å². The molecule has 3 aromatic heterocycles. The van der Waals surface area contributed by atoms with Crippen molar-refractivity contribution in [1.29, 1.82) is 0 Å². The van der Waals surface area contributed by atoms with E-state index in [1.165, 1.54) is 0 Å². The number of benzene rings is 2. The minimum atomic E-state index is -0.411. The molecule has 1 unspecified atom stereocenters. The largest absolute Gasteiger partial charge is 0.382 e. The zero-order valence-corrected chi connectivity index (χ0v) is 18.5.